The van der Waals surface area contributed by atoms with Gasteiger partial charge in [-0.2, -0.15) is 0 Å². The van der Waals surface area contributed by atoms with Crippen molar-refractivity contribution in [2.75, 3.05) is 0 Å². The van der Waals surface area contributed by atoms with Gasteiger partial charge in [0, 0.05) is 17.2 Å². The van der Waals surface area contributed by atoms with Crippen LogP contribution in [0.3, 0.4) is 0 Å². The molecule has 116 valence electrons. The summed E-state index contributed by atoms with van der Waals surface area (Å²) in [5.41, 5.74) is 0.481. The van der Waals surface area contributed by atoms with E-state index >= 15 is 0 Å². The molecule has 0 heterocycles. The molecular formula is C19H22FNO. The Morgan fingerprint density at radius 2 is 1.68 bits per heavy atom. The van der Waals surface area contributed by atoms with Crippen LogP contribution in [0.15, 0.2) is 30.3 Å². The minimum Gasteiger partial charge on any atom is -0.347 e. The van der Waals surface area contributed by atoms with Gasteiger partial charge in [-0.1, -0.05) is 18.2 Å². The summed E-state index contributed by atoms with van der Waals surface area (Å²) in [6.07, 6.45) is 10.6. The molecule has 1 aromatic rings. The van der Waals surface area contributed by atoms with E-state index < -0.39 is 0 Å². The number of rotatable bonds is 3. The van der Waals surface area contributed by atoms with Crippen LogP contribution in [0.2, 0.25) is 0 Å². The van der Waals surface area contributed by atoms with Gasteiger partial charge in [0.1, 0.15) is 5.82 Å². The third-order valence-corrected chi connectivity index (χ3v) is 5.75. The molecule has 2 nitrogen and oxygen atoms in total. The van der Waals surface area contributed by atoms with Gasteiger partial charge < -0.3 is 5.32 Å². The smallest absolute Gasteiger partial charge is 0.244 e. The fourth-order valence-electron chi connectivity index (χ4n) is 5.34. The average molecular weight is 299 g/mol. The largest absolute Gasteiger partial charge is 0.347 e. The molecule has 0 radical (unpaired) electrons. The Hall–Kier alpha value is -1.64. The fourth-order valence-corrected chi connectivity index (χ4v) is 5.34. The van der Waals surface area contributed by atoms with Gasteiger partial charge in [0.25, 0.3) is 0 Å². The lowest BCUT2D eigenvalue weighted by Gasteiger charge is -2.56. The topological polar surface area (TPSA) is 29.1 Å². The third kappa shape index (κ3) is 2.57. The molecule has 4 saturated carbocycles. The van der Waals surface area contributed by atoms with E-state index in [1.807, 2.05) is 0 Å². The highest BCUT2D eigenvalue weighted by atomic mass is 19.1. The second-order valence-corrected chi connectivity index (χ2v) is 7.54. The van der Waals surface area contributed by atoms with Gasteiger partial charge in [-0.25, -0.2) is 4.39 Å². The van der Waals surface area contributed by atoms with Gasteiger partial charge in [0.15, 0.2) is 0 Å². The van der Waals surface area contributed by atoms with E-state index in [0.29, 0.717) is 5.56 Å². The standard InChI is InChI=1S/C19H22FNO/c20-17-4-2-1-3-16(17)5-6-18(22)21-19-10-13-7-14(11-19)9-15(8-13)12-19/h1-6,13-15H,7-12H2,(H,21,22)/b6-5+. The zero-order valence-electron chi connectivity index (χ0n) is 12.7. The number of amides is 1. The number of benzene rings is 1. The van der Waals surface area contributed by atoms with E-state index in [0.717, 1.165) is 37.0 Å². The summed E-state index contributed by atoms with van der Waals surface area (Å²) in [4.78, 5) is 12.3. The van der Waals surface area contributed by atoms with Gasteiger partial charge >= 0.3 is 0 Å². The molecule has 1 amide bonds. The van der Waals surface area contributed by atoms with E-state index in [1.165, 1.54) is 31.4 Å². The molecule has 1 N–H and O–H groups in total. The van der Waals surface area contributed by atoms with Gasteiger partial charge in [-0.15, -0.1) is 0 Å². The Balaban J connectivity index is 1.45. The lowest BCUT2D eigenvalue weighted by Crippen LogP contribution is -2.59. The minimum absolute atomic E-state index is 0.0193. The van der Waals surface area contributed by atoms with Gasteiger partial charge in [-0.3, -0.25) is 4.79 Å². The zero-order valence-corrected chi connectivity index (χ0v) is 12.7. The quantitative estimate of drug-likeness (QED) is 0.842. The number of carbonyl (C=O) groups is 1. The second-order valence-electron chi connectivity index (χ2n) is 7.54. The molecule has 0 spiro atoms. The van der Waals surface area contributed by atoms with Crippen LogP contribution in [0, 0.1) is 23.6 Å². The van der Waals surface area contributed by atoms with Crippen LogP contribution < -0.4 is 5.32 Å². The molecule has 4 fully saturated rings. The molecular weight excluding hydrogens is 277 g/mol. The van der Waals surface area contributed by atoms with Crippen molar-refractivity contribution < 1.29 is 9.18 Å². The van der Waals surface area contributed by atoms with Crippen LogP contribution >= 0.6 is 0 Å². The normalized spacial score (nSPS) is 36.0. The molecule has 4 aliphatic carbocycles. The van der Waals surface area contributed by atoms with Crippen LogP contribution in [0.1, 0.15) is 44.1 Å². The predicted octanol–water partition coefficient (Wildman–Crippen LogP) is 3.92. The van der Waals surface area contributed by atoms with Crippen molar-refractivity contribution in [2.45, 2.75) is 44.1 Å². The van der Waals surface area contributed by atoms with Crippen molar-refractivity contribution in [2.24, 2.45) is 17.8 Å². The molecule has 22 heavy (non-hydrogen) atoms. The van der Waals surface area contributed by atoms with Crippen LogP contribution in [0.25, 0.3) is 6.08 Å². The summed E-state index contributed by atoms with van der Waals surface area (Å²) >= 11 is 0. The Kier molecular flexibility index (Phi) is 3.32. The van der Waals surface area contributed by atoms with Gasteiger partial charge in [-0.05, 0) is 68.4 Å². The Bertz CT molecular complexity index is 586. The fraction of sp³-hybridized carbons (Fsp3) is 0.526. The summed E-state index contributed by atoms with van der Waals surface area (Å²) < 4.78 is 13.6. The SMILES string of the molecule is O=C(/C=C/c1ccccc1F)NC12CC3CC(CC(C3)C1)C2. The summed E-state index contributed by atoms with van der Waals surface area (Å²) in [5, 5.41) is 3.27. The summed E-state index contributed by atoms with van der Waals surface area (Å²) in [6, 6.07) is 6.53. The first-order chi connectivity index (χ1) is 10.6. The van der Waals surface area contributed by atoms with Crippen LogP contribution in [0.5, 0.6) is 0 Å². The van der Waals surface area contributed by atoms with Gasteiger partial charge in [0.05, 0.1) is 0 Å². The molecule has 0 aliphatic heterocycles. The zero-order chi connectivity index (χ0) is 15.2. The van der Waals surface area contributed by atoms with E-state index in [2.05, 4.69) is 5.32 Å². The molecule has 5 rings (SSSR count). The molecule has 0 aromatic heterocycles. The number of hydrogen-bond acceptors (Lipinski definition) is 1. The minimum atomic E-state index is -0.290. The molecule has 1 aromatic carbocycles. The molecule has 0 atom stereocenters. The Morgan fingerprint density at radius 1 is 1.09 bits per heavy atom. The van der Waals surface area contributed by atoms with E-state index in [4.69, 9.17) is 0 Å². The second kappa shape index (κ2) is 5.22. The molecule has 4 bridgehead atoms. The predicted molar refractivity (Wildman–Crippen MR) is 84.5 cm³/mol. The Labute approximate surface area is 130 Å². The molecule has 0 saturated heterocycles. The molecule has 0 unspecified atom stereocenters. The highest BCUT2D eigenvalue weighted by Gasteiger charge is 2.51. The molecule has 3 heteroatoms. The number of nitrogens with one attached hydrogen (secondary N) is 1. The maximum Gasteiger partial charge on any atom is 0.244 e. The van der Waals surface area contributed by atoms with Crippen molar-refractivity contribution in [3.8, 4) is 0 Å². The first-order valence-electron chi connectivity index (χ1n) is 8.37. The Morgan fingerprint density at radius 3 is 2.27 bits per heavy atom. The lowest BCUT2D eigenvalue weighted by molar-refractivity contribution is -0.122. The van der Waals surface area contributed by atoms with E-state index in [1.54, 1.807) is 24.3 Å². The lowest BCUT2D eigenvalue weighted by atomic mass is 9.53. The monoisotopic (exact) mass is 299 g/mol. The maximum absolute atomic E-state index is 13.6. The first-order valence-corrected chi connectivity index (χ1v) is 8.37. The number of halogens is 1. The summed E-state index contributed by atoms with van der Waals surface area (Å²) in [5.74, 6) is 2.05. The van der Waals surface area contributed by atoms with Crippen molar-refractivity contribution in [1.29, 1.82) is 0 Å². The summed E-state index contributed by atoms with van der Waals surface area (Å²) in [6.45, 7) is 0. The third-order valence-electron chi connectivity index (χ3n) is 5.75. The van der Waals surface area contributed by atoms with Crippen LogP contribution in [-0.2, 0) is 4.79 Å². The summed E-state index contributed by atoms with van der Waals surface area (Å²) in [7, 11) is 0. The highest BCUT2D eigenvalue weighted by molar-refractivity contribution is 5.92. The number of carbonyl (C=O) groups excluding carboxylic acids is 1. The van der Waals surface area contributed by atoms with Crippen molar-refractivity contribution in [3.05, 3.63) is 41.7 Å². The van der Waals surface area contributed by atoms with Crippen molar-refractivity contribution >= 4 is 12.0 Å². The van der Waals surface area contributed by atoms with E-state index in [-0.39, 0.29) is 17.3 Å². The highest BCUT2D eigenvalue weighted by Crippen LogP contribution is 2.55. The van der Waals surface area contributed by atoms with Crippen molar-refractivity contribution in [1.82, 2.24) is 5.32 Å². The first kappa shape index (κ1) is 14.0. The number of hydrogen-bond donors (Lipinski definition) is 1. The van der Waals surface area contributed by atoms with Crippen LogP contribution in [-0.4, -0.2) is 11.4 Å². The molecule has 4 aliphatic rings. The van der Waals surface area contributed by atoms with Crippen LogP contribution in [0.4, 0.5) is 4.39 Å². The van der Waals surface area contributed by atoms with Crippen molar-refractivity contribution in [3.63, 3.8) is 0 Å². The maximum atomic E-state index is 13.6. The average Bonchev–Trinajstić information content (AvgIpc) is 2.44. The van der Waals surface area contributed by atoms with Gasteiger partial charge in [0.2, 0.25) is 5.91 Å². The van der Waals surface area contributed by atoms with E-state index in [9.17, 15) is 9.18 Å².